The van der Waals surface area contributed by atoms with Crippen LogP contribution in [0.5, 0.6) is 0 Å². The van der Waals surface area contributed by atoms with E-state index in [-0.39, 0.29) is 29.5 Å². The van der Waals surface area contributed by atoms with Crippen LogP contribution in [0.15, 0.2) is 30.6 Å². The second kappa shape index (κ2) is 7.64. The molecule has 0 spiro atoms. The quantitative estimate of drug-likeness (QED) is 0.886. The molecule has 6 nitrogen and oxygen atoms in total. The minimum Gasteiger partial charge on any atom is -0.347 e. The lowest BCUT2D eigenvalue weighted by Crippen LogP contribution is -2.42. The van der Waals surface area contributed by atoms with Crippen LogP contribution in [0.25, 0.3) is 0 Å². The van der Waals surface area contributed by atoms with Gasteiger partial charge in [-0.25, -0.2) is 4.98 Å². The van der Waals surface area contributed by atoms with Gasteiger partial charge < -0.3 is 10.6 Å². The fraction of sp³-hybridized carbons (Fsp3) is 0.400. The summed E-state index contributed by atoms with van der Waals surface area (Å²) in [5.41, 5.74) is 4.04. The highest BCUT2D eigenvalue weighted by Gasteiger charge is 2.34. The molecule has 6 heteroatoms. The van der Waals surface area contributed by atoms with E-state index in [1.807, 2.05) is 32.9 Å². The molecule has 1 aromatic carbocycles. The maximum atomic E-state index is 12.7. The van der Waals surface area contributed by atoms with Crippen LogP contribution < -0.4 is 10.6 Å². The van der Waals surface area contributed by atoms with Crippen molar-refractivity contribution in [3.8, 4) is 0 Å². The van der Waals surface area contributed by atoms with E-state index in [9.17, 15) is 9.59 Å². The molecule has 0 aliphatic heterocycles. The third-order valence-corrected chi connectivity index (χ3v) is 4.67. The monoisotopic (exact) mass is 352 g/mol. The number of aryl methyl sites for hydroxylation is 3. The first kappa shape index (κ1) is 18.0. The number of hydrogen-bond donors (Lipinski definition) is 2. The summed E-state index contributed by atoms with van der Waals surface area (Å²) >= 11 is 0. The van der Waals surface area contributed by atoms with Gasteiger partial charge in [-0.3, -0.25) is 14.6 Å². The van der Waals surface area contributed by atoms with Gasteiger partial charge in [0.05, 0.1) is 17.8 Å². The molecule has 136 valence electrons. The Morgan fingerprint density at radius 3 is 2.38 bits per heavy atom. The molecule has 0 bridgehead atoms. The summed E-state index contributed by atoms with van der Waals surface area (Å²) < 4.78 is 0. The SMILES string of the molecule is Cc1cc(C)cc(NC(=O)[C@H]2CCC[C@H]2NC(=O)c2cnc(C)cn2)c1. The van der Waals surface area contributed by atoms with Crippen molar-refractivity contribution in [2.45, 2.75) is 46.1 Å². The number of carbonyl (C=O) groups is 2. The van der Waals surface area contributed by atoms with Crippen molar-refractivity contribution >= 4 is 17.5 Å². The second-order valence-electron chi connectivity index (χ2n) is 7.03. The van der Waals surface area contributed by atoms with E-state index < -0.39 is 0 Å². The molecule has 1 saturated carbocycles. The molecule has 1 aliphatic carbocycles. The van der Waals surface area contributed by atoms with E-state index in [4.69, 9.17) is 0 Å². The summed E-state index contributed by atoms with van der Waals surface area (Å²) in [6.45, 7) is 5.83. The normalized spacial score (nSPS) is 19.2. The van der Waals surface area contributed by atoms with Crippen LogP contribution in [0, 0.1) is 26.7 Å². The van der Waals surface area contributed by atoms with Crippen molar-refractivity contribution in [2.75, 3.05) is 5.32 Å². The number of carbonyl (C=O) groups excluding carboxylic acids is 2. The van der Waals surface area contributed by atoms with Crippen molar-refractivity contribution in [3.05, 3.63) is 53.1 Å². The maximum Gasteiger partial charge on any atom is 0.271 e. The highest BCUT2D eigenvalue weighted by Crippen LogP contribution is 2.27. The number of anilines is 1. The molecule has 0 saturated heterocycles. The zero-order valence-electron chi connectivity index (χ0n) is 15.4. The van der Waals surface area contributed by atoms with E-state index in [1.54, 1.807) is 6.20 Å². The molecule has 0 unspecified atom stereocenters. The largest absolute Gasteiger partial charge is 0.347 e. The van der Waals surface area contributed by atoms with E-state index in [0.717, 1.165) is 41.8 Å². The number of amides is 2. The summed E-state index contributed by atoms with van der Waals surface area (Å²) in [6.07, 6.45) is 5.49. The summed E-state index contributed by atoms with van der Waals surface area (Å²) in [4.78, 5) is 33.3. The Balaban J connectivity index is 1.66. The van der Waals surface area contributed by atoms with Gasteiger partial charge >= 0.3 is 0 Å². The lowest BCUT2D eigenvalue weighted by atomic mass is 10.0. The van der Waals surface area contributed by atoms with Crippen LogP contribution in [-0.4, -0.2) is 27.8 Å². The summed E-state index contributed by atoms with van der Waals surface area (Å²) in [7, 11) is 0. The molecule has 3 rings (SSSR count). The lowest BCUT2D eigenvalue weighted by molar-refractivity contribution is -0.120. The van der Waals surface area contributed by atoms with Crippen molar-refractivity contribution < 1.29 is 9.59 Å². The average molecular weight is 352 g/mol. The van der Waals surface area contributed by atoms with Crippen molar-refractivity contribution in [1.29, 1.82) is 0 Å². The summed E-state index contributed by atoms with van der Waals surface area (Å²) in [6, 6.07) is 5.79. The Labute approximate surface area is 153 Å². The van der Waals surface area contributed by atoms with Crippen LogP contribution in [0.3, 0.4) is 0 Å². The van der Waals surface area contributed by atoms with Gasteiger partial charge in [-0.2, -0.15) is 0 Å². The van der Waals surface area contributed by atoms with Crippen LogP contribution in [0.1, 0.15) is 46.6 Å². The molecule has 2 atom stereocenters. The number of hydrogen-bond acceptors (Lipinski definition) is 4. The standard InChI is InChI=1S/C20H24N4O2/c1-12-7-13(2)9-15(8-12)23-19(25)16-5-4-6-17(16)24-20(26)18-11-21-14(3)10-22-18/h7-11,16-17H,4-6H2,1-3H3,(H,23,25)(H,24,26)/t16-,17+/m0/s1. The number of nitrogens with one attached hydrogen (secondary N) is 2. The predicted molar refractivity (Wildman–Crippen MR) is 99.9 cm³/mol. The van der Waals surface area contributed by atoms with Crippen molar-refractivity contribution in [1.82, 2.24) is 15.3 Å². The fourth-order valence-corrected chi connectivity index (χ4v) is 3.48. The lowest BCUT2D eigenvalue weighted by Gasteiger charge is -2.20. The average Bonchev–Trinajstić information content (AvgIpc) is 3.02. The molecule has 1 aromatic heterocycles. The number of nitrogens with zero attached hydrogens (tertiary/aromatic N) is 2. The first-order chi connectivity index (χ1) is 12.4. The molecule has 2 N–H and O–H groups in total. The predicted octanol–water partition coefficient (Wildman–Crippen LogP) is 2.94. The molecule has 1 heterocycles. The Bertz CT molecular complexity index is 797. The smallest absolute Gasteiger partial charge is 0.271 e. The van der Waals surface area contributed by atoms with E-state index in [0.29, 0.717) is 0 Å². The summed E-state index contributed by atoms with van der Waals surface area (Å²) in [5.74, 6) is -0.570. The van der Waals surface area contributed by atoms with Gasteiger partial charge in [0.1, 0.15) is 5.69 Å². The first-order valence-corrected chi connectivity index (χ1v) is 8.91. The molecule has 2 aromatic rings. The van der Waals surface area contributed by atoms with Gasteiger partial charge in [-0.1, -0.05) is 12.5 Å². The second-order valence-corrected chi connectivity index (χ2v) is 7.03. The van der Waals surface area contributed by atoms with Gasteiger partial charge in [0.15, 0.2) is 0 Å². The van der Waals surface area contributed by atoms with Crippen LogP contribution in [-0.2, 0) is 4.79 Å². The number of benzene rings is 1. The fourth-order valence-electron chi connectivity index (χ4n) is 3.48. The Morgan fingerprint density at radius 1 is 1.00 bits per heavy atom. The number of rotatable bonds is 4. The van der Waals surface area contributed by atoms with Gasteiger partial charge in [0.2, 0.25) is 5.91 Å². The Morgan fingerprint density at radius 2 is 1.73 bits per heavy atom. The van der Waals surface area contributed by atoms with Crippen LogP contribution in [0.2, 0.25) is 0 Å². The minimum absolute atomic E-state index is 0.0483. The molecular weight excluding hydrogens is 328 g/mol. The molecule has 1 fully saturated rings. The third kappa shape index (κ3) is 4.25. The van der Waals surface area contributed by atoms with E-state index in [1.165, 1.54) is 6.20 Å². The van der Waals surface area contributed by atoms with Crippen LogP contribution >= 0.6 is 0 Å². The summed E-state index contributed by atoms with van der Waals surface area (Å²) in [5, 5.41) is 5.95. The molecule has 0 radical (unpaired) electrons. The van der Waals surface area contributed by atoms with Crippen molar-refractivity contribution in [3.63, 3.8) is 0 Å². The number of aromatic nitrogens is 2. The van der Waals surface area contributed by atoms with Gasteiger partial charge in [0, 0.05) is 17.9 Å². The Hall–Kier alpha value is -2.76. The zero-order chi connectivity index (χ0) is 18.7. The minimum atomic E-state index is -0.284. The van der Waals surface area contributed by atoms with Crippen LogP contribution in [0.4, 0.5) is 5.69 Å². The topological polar surface area (TPSA) is 84.0 Å². The molecule has 2 amide bonds. The highest BCUT2D eigenvalue weighted by molar-refractivity contribution is 5.95. The molecule has 1 aliphatic rings. The first-order valence-electron chi connectivity index (χ1n) is 8.91. The third-order valence-electron chi connectivity index (χ3n) is 4.67. The Kier molecular flexibility index (Phi) is 5.30. The highest BCUT2D eigenvalue weighted by atomic mass is 16.2. The zero-order valence-corrected chi connectivity index (χ0v) is 15.4. The molecular formula is C20H24N4O2. The van der Waals surface area contributed by atoms with Gasteiger partial charge in [-0.05, 0) is 56.9 Å². The van der Waals surface area contributed by atoms with Gasteiger partial charge in [-0.15, -0.1) is 0 Å². The van der Waals surface area contributed by atoms with Crippen molar-refractivity contribution in [2.24, 2.45) is 5.92 Å². The maximum absolute atomic E-state index is 12.7. The van der Waals surface area contributed by atoms with E-state index >= 15 is 0 Å². The van der Waals surface area contributed by atoms with Gasteiger partial charge in [0.25, 0.3) is 5.91 Å². The van der Waals surface area contributed by atoms with E-state index in [2.05, 4.69) is 26.7 Å². The molecule has 26 heavy (non-hydrogen) atoms.